The molecule has 3 rings (SSSR count). The first kappa shape index (κ1) is 24.0. The van der Waals surface area contributed by atoms with Crippen LogP contribution in [0.15, 0.2) is 71.8 Å². The minimum atomic E-state index is -1.10. The smallest absolute Gasteiger partial charge is 0.350 e. The standard InChI is InChI=1S/C22H14ClFN4O6/c23-17-11-14(8-9-18(17)24)26-20(29)21(30)27-25-12-13-4-3-5-15(10-13)34-22(31)16-6-1-2-7-19(16)28(32)33/h1-12H,(H,26,29)(H,27,30)/b25-12+. The van der Waals surface area contributed by atoms with Crippen LogP contribution in [0, 0.1) is 15.9 Å². The van der Waals surface area contributed by atoms with E-state index in [1.807, 2.05) is 5.43 Å². The number of hydrogen-bond donors (Lipinski definition) is 2. The van der Waals surface area contributed by atoms with Gasteiger partial charge in [0.25, 0.3) is 5.69 Å². The highest BCUT2D eigenvalue weighted by Gasteiger charge is 2.21. The Bertz CT molecular complexity index is 1310. The maximum Gasteiger partial charge on any atom is 0.350 e. The van der Waals surface area contributed by atoms with Crippen molar-refractivity contribution in [2.45, 2.75) is 0 Å². The summed E-state index contributed by atoms with van der Waals surface area (Å²) in [6.45, 7) is 0. The predicted molar refractivity (Wildman–Crippen MR) is 120 cm³/mol. The quantitative estimate of drug-likeness (QED) is 0.136. The van der Waals surface area contributed by atoms with Crippen molar-refractivity contribution < 1.29 is 28.4 Å². The van der Waals surface area contributed by atoms with Gasteiger partial charge >= 0.3 is 17.8 Å². The van der Waals surface area contributed by atoms with Crippen LogP contribution in [0.1, 0.15) is 15.9 Å². The number of rotatable bonds is 6. The van der Waals surface area contributed by atoms with Gasteiger partial charge in [-0.1, -0.05) is 35.9 Å². The van der Waals surface area contributed by atoms with Crippen LogP contribution in [0.2, 0.25) is 5.02 Å². The maximum atomic E-state index is 13.2. The van der Waals surface area contributed by atoms with Gasteiger partial charge in [0.2, 0.25) is 0 Å². The maximum absolute atomic E-state index is 13.2. The largest absolute Gasteiger partial charge is 0.423 e. The second kappa shape index (κ2) is 10.8. The van der Waals surface area contributed by atoms with E-state index in [0.29, 0.717) is 5.56 Å². The van der Waals surface area contributed by atoms with Gasteiger partial charge < -0.3 is 10.1 Å². The van der Waals surface area contributed by atoms with Crippen molar-refractivity contribution in [2.24, 2.45) is 5.10 Å². The zero-order chi connectivity index (χ0) is 24.7. The van der Waals surface area contributed by atoms with E-state index < -0.39 is 34.2 Å². The van der Waals surface area contributed by atoms with E-state index in [1.54, 1.807) is 6.07 Å². The van der Waals surface area contributed by atoms with Crippen LogP contribution in [0.4, 0.5) is 15.8 Å². The number of hydrogen-bond acceptors (Lipinski definition) is 7. The Balaban J connectivity index is 1.60. The van der Waals surface area contributed by atoms with Crippen molar-refractivity contribution in [1.82, 2.24) is 5.43 Å². The van der Waals surface area contributed by atoms with Crippen LogP contribution in [0.5, 0.6) is 5.75 Å². The number of halogens is 2. The zero-order valence-corrected chi connectivity index (χ0v) is 17.8. The van der Waals surface area contributed by atoms with Crippen LogP contribution in [-0.4, -0.2) is 28.9 Å². The number of benzene rings is 3. The number of carbonyl (C=O) groups excluding carboxylic acids is 3. The molecule has 34 heavy (non-hydrogen) atoms. The lowest BCUT2D eigenvalue weighted by molar-refractivity contribution is -0.385. The van der Waals surface area contributed by atoms with Crippen molar-refractivity contribution in [2.75, 3.05) is 5.32 Å². The molecule has 2 amide bonds. The number of hydrazone groups is 1. The fraction of sp³-hybridized carbons (Fsp3) is 0. The molecule has 172 valence electrons. The molecule has 3 aromatic carbocycles. The van der Waals surface area contributed by atoms with Gasteiger partial charge in [0, 0.05) is 11.8 Å². The number of nitro benzene ring substituents is 1. The Morgan fingerprint density at radius 1 is 1.03 bits per heavy atom. The Hall–Kier alpha value is -4.64. The van der Waals surface area contributed by atoms with Gasteiger partial charge in [0.05, 0.1) is 16.2 Å². The molecule has 0 aliphatic rings. The molecule has 0 unspecified atom stereocenters. The normalized spacial score (nSPS) is 10.5. The second-order valence-electron chi connectivity index (χ2n) is 6.52. The van der Waals surface area contributed by atoms with Crippen LogP contribution < -0.4 is 15.5 Å². The van der Waals surface area contributed by atoms with E-state index in [1.165, 1.54) is 54.7 Å². The average molecular weight is 485 g/mol. The molecular formula is C22H14ClFN4O6. The van der Waals surface area contributed by atoms with Crippen LogP contribution >= 0.6 is 11.6 Å². The molecule has 0 saturated heterocycles. The molecule has 3 aromatic rings. The third-order valence-electron chi connectivity index (χ3n) is 4.15. The van der Waals surface area contributed by atoms with Crippen molar-refractivity contribution in [1.29, 1.82) is 0 Å². The summed E-state index contributed by atoms with van der Waals surface area (Å²) in [6, 6.07) is 14.7. The summed E-state index contributed by atoms with van der Waals surface area (Å²) in [6.07, 6.45) is 1.18. The lowest BCUT2D eigenvalue weighted by Gasteiger charge is -2.06. The number of ether oxygens (including phenoxy) is 1. The second-order valence-corrected chi connectivity index (χ2v) is 6.93. The van der Waals surface area contributed by atoms with Gasteiger partial charge in [0.1, 0.15) is 17.1 Å². The Morgan fingerprint density at radius 2 is 1.79 bits per heavy atom. The first-order chi connectivity index (χ1) is 16.2. The van der Waals surface area contributed by atoms with E-state index in [4.69, 9.17) is 16.3 Å². The first-order valence-electron chi connectivity index (χ1n) is 9.39. The third kappa shape index (κ3) is 6.20. The van der Waals surface area contributed by atoms with Gasteiger partial charge in [-0.05, 0) is 42.0 Å². The molecule has 0 heterocycles. The molecule has 0 radical (unpaired) electrons. The minimum Gasteiger partial charge on any atom is -0.423 e. The molecule has 0 aromatic heterocycles. The van der Waals surface area contributed by atoms with Gasteiger partial charge in [0.15, 0.2) is 0 Å². The Morgan fingerprint density at radius 3 is 2.53 bits per heavy atom. The molecule has 0 fully saturated rings. The van der Waals surface area contributed by atoms with Gasteiger partial charge in [-0.25, -0.2) is 14.6 Å². The highest BCUT2D eigenvalue weighted by molar-refractivity contribution is 6.39. The number of nitrogens with zero attached hydrogens (tertiary/aromatic N) is 2. The zero-order valence-electron chi connectivity index (χ0n) is 17.0. The van der Waals surface area contributed by atoms with Crippen LogP contribution in [-0.2, 0) is 9.59 Å². The van der Waals surface area contributed by atoms with E-state index in [-0.39, 0.29) is 22.0 Å². The summed E-state index contributed by atoms with van der Waals surface area (Å²) in [4.78, 5) is 46.5. The van der Waals surface area contributed by atoms with Crippen LogP contribution in [0.3, 0.4) is 0 Å². The van der Waals surface area contributed by atoms with Crippen molar-refractivity contribution in [3.05, 3.63) is 98.8 Å². The molecule has 0 aliphatic heterocycles. The monoisotopic (exact) mass is 484 g/mol. The fourth-order valence-electron chi connectivity index (χ4n) is 2.60. The Labute approximate surface area is 196 Å². The number of nitrogens with one attached hydrogen (secondary N) is 2. The van der Waals surface area contributed by atoms with Crippen molar-refractivity contribution >= 4 is 47.0 Å². The van der Waals surface area contributed by atoms with E-state index in [2.05, 4.69) is 10.4 Å². The molecule has 0 aliphatic carbocycles. The van der Waals surface area contributed by atoms with Gasteiger partial charge in [-0.2, -0.15) is 5.10 Å². The highest BCUT2D eigenvalue weighted by Crippen LogP contribution is 2.21. The fourth-order valence-corrected chi connectivity index (χ4v) is 2.78. The van der Waals surface area contributed by atoms with Gasteiger partial charge in [-0.3, -0.25) is 19.7 Å². The third-order valence-corrected chi connectivity index (χ3v) is 4.44. The lowest BCUT2D eigenvalue weighted by atomic mass is 10.2. The average Bonchev–Trinajstić information content (AvgIpc) is 2.81. The SMILES string of the molecule is O=C(N/N=C/c1cccc(OC(=O)c2ccccc2[N+](=O)[O-])c1)C(=O)Nc1ccc(F)c(Cl)c1. The predicted octanol–water partition coefficient (Wildman–Crippen LogP) is 3.70. The summed E-state index contributed by atoms with van der Waals surface area (Å²) in [5, 5.41) is 16.7. The summed E-state index contributed by atoms with van der Waals surface area (Å²) in [5.74, 6) is -3.69. The minimum absolute atomic E-state index is 0.0735. The molecule has 12 heteroatoms. The molecule has 0 saturated carbocycles. The number of esters is 1. The van der Waals surface area contributed by atoms with Crippen molar-refractivity contribution in [3.8, 4) is 5.75 Å². The molecule has 10 nitrogen and oxygen atoms in total. The van der Waals surface area contributed by atoms with E-state index in [0.717, 1.165) is 12.1 Å². The Kier molecular flexibility index (Phi) is 7.62. The number of carbonyl (C=O) groups is 3. The van der Waals surface area contributed by atoms with Gasteiger partial charge in [-0.15, -0.1) is 0 Å². The molecule has 2 N–H and O–H groups in total. The van der Waals surface area contributed by atoms with E-state index in [9.17, 15) is 28.9 Å². The molecule has 0 bridgehead atoms. The molecule has 0 atom stereocenters. The summed E-state index contributed by atoms with van der Waals surface area (Å²) in [5.41, 5.74) is 1.90. The molecular weight excluding hydrogens is 471 g/mol. The topological polar surface area (TPSA) is 140 Å². The molecule has 0 spiro atoms. The van der Waals surface area contributed by atoms with Crippen molar-refractivity contribution in [3.63, 3.8) is 0 Å². The lowest BCUT2D eigenvalue weighted by Crippen LogP contribution is -2.32. The summed E-state index contributed by atoms with van der Waals surface area (Å²) in [7, 11) is 0. The number of para-hydroxylation sites is 1. The highest BCUT2D eigenvalue weighted by atomic mass is 35.5. The van der Waals surface area contributed by atoms with E-state index >= 15 is 0 Å². The number of amides is 2. The number of nitro groups is 1. The summed E-state index contributed by atoms with van der Waals surface area (Å²) >= 11 is 5.62. The van der Waals surface area contributed by atoms with Crippen LogP contribution in [0.25, 0.3) is 0 Å². The first-order valence-corrected chi connectivity index (χ1v) is 9.77. The number of anilines is 1. The summed E-state index contributed by atoms with van der Waals surface area (Å²) < 4.78 is 18.3.